The molecule has 2 atom stereocenters. The summed E-state index contributed by atoms with van der Waals surface area (Å²) in [6.45, 7) is 6.42. The first-order valence-corrected chi connectivity index (χ1v) is 7.63. The van der Waals surface area contributed by atoms with E-state index in [4.69, 9.17) is 4.98 Å². The van der Waals surface area contributed by atoms with Gasteiger partial charge in [-0.3, -0.25) is 4.98 Å². The molecule has 0 radical (unpaired) electrons. The van der Waals surface area contributed by atoms with Gasteiger partial charge in [0.2, 0.25) is 0 Å². The lowest BCUT2D eigenvalue weighted by Crippen LogP contribution is -2.23. The second-order valence-corrected chi connectivity index (χ2v) is 5.90. The van der Waals surface area contributed by atoms with Gasteiger partial charge in [0.05, 0.1) is 11.9 Å². The lowest BCUT2D eigenvalue weighted by atomic mass is 10.0. The van der Waals surface area contributed by atoms with Crippen LogP contribution in [0.1, 0.15) is 38.3 Å². The Kier molecular flexibility index (Phi) is 3.97. The molecular formula is C15H24N4. The lowest BCUT2D eigenvalue weighted by Gasteiger charge is -2.18. The quantitative estimate of drug-likeness (QED) is 0.824. The van der Waals surface area contributed by atoms with Crippen molar-refractivity contribution in [2.45, 2.75) is 39.2 Å². The molecule has 2 unspecified atom stereocenters. The van der Waals surface area contributed by atoms with E-state index in [2.05, 4.69) is 22.1 Å². The first-order chi connectivity index (χ1) is 9.36. The van der Waals surface area contributed by atoms with E-state index in [1.165, 1.54) is 32.4 Å². The maximum atomic E-state index is 4.75. The minimum atomic E-state index is 0.829. The van der Waals surface area contributed by atoms with Gasteiger partial charge in [0.25, 0.3) is 0 Å². The Bertz CT molecular complexity index is 408. The Balaban J connectivity index is 1.63. The van der Waals surface area contributed by atoms with Crippen LogP contribution in [0.25, 0.3) is 0 Å². The van der Waals surface area contributed by atoms with Crippen LogP contribution in [0.2, 0.25) is 0 Å². The number of hydrogen-bond acceptors (Lipinski definition) is 4. The molecule has 4 nitrogen and oxygen atoms in total. The fourth-order valence-electron chi connectivity index (χ4n) is 3.45. The molecule has 19 heavy (non-hydrogen) atoms. The summed E-state index contributed by atoms with van der Waals surface area (Å²) in [4.78, 5) is 11.5. The van der Waals surface area contributed by atoms with Crippen LogP contribution < -0.4 is 10.2 Å². The van der Waals surface area contributed by atoms with E-state index >= 15 is 0 Å². The maximum Gasteiger partial charge on any atom is 0.147 e. The SMILES string of the molecule is CCCNCc1cncc(N2CC3CCCC3C2)n1. The lowest BCUT2D eigenvalue weighted by molar-refractivity contribution is 0.494. The van der Waals surface area contributed by atoms with Crippen molar-refractivity contribution in [1.29, 1.82) is 0 Å². The van der Waals surface area contributed by atoms with Crippen molar-refractivity contribution in [3.63, 3.8) is 0 Å². The molecule has 0 amide bonds. The third-order valence-corrected chi connectivity index (χ3v) is 4.45. The molecule has 0 bridgehead atoms. The van der Waals surface area contributed by atoms with Gasteiger partial charge in [-0.1, -0.05) is 13.3 Å². The average Bonchev–Trinajstić information content (AvgIpc) is 3.00. The van der Waals surface area contributed by atoms with Crippen LogP contribution in [-0.2, 0) is 6.54 Å². The molecule has 1 aromatic rings. The predicted octanol–water partition coefficient (Wildman–Crippen LogP) is 2.21. The smallest absolute Gasteiger partial charge is 0.147 e. The standard InChI is InChI=1S/C15H24N4/c1-2-6-16-7-14-8-17-9-15(18-14)19-10-12-4-3-5-13(12)11-19/h8-9,12-13,16H,2-7,10-11H2,1H3. The van der Waals surface area contributed by atoms with Gasteiger partial charge in [-0.05, 0) is 37.6 Å². The van der Waals surface area contributed by atoms with Gasteiger partial charge >= 0.3 is 0 Å². The molecule has 1 aliphatic carbocycles. The molecule has 2 fully saturated rings. The van der Waals surface area contributed by atoms with Gasteiger partial charge in [0.1, 0.15) is 5.82 Å². The number of fused-ring (bicyclic) bond motifs is 1. The van der Waals surface area contributed by atoms with Crippen molar-refractivity contribution >= 4 is 5.82 Å². The van der Waals surface area contributed by atoms with Gasteiger partial charge in [-0.25, -0.2) is 4.98 Å². The molecule has 2 aliphatic rings. The van der Waals surface area contributed by atoms with E-state index in [1.807, 2.05) is 12.4 Å². The highest BCUT2D eigenvalue weighted by Gasteiger charge is 2.36. The zero-order chi connectivity index (χ0) is 13.1. The fourth-order valence-corrected chi connectivity index (χ4v) is 3.45. The zero-order valence-electron chi connectivity index (χ0n) is 11.8. The van der Waals surface area contributed by atoms with Crippen molar-refractivity contribution in [1.82, 2.24) is 15.3 Å². The van der Waals surface area contributed by atoms with Crippen LogP contribution >= 0.6 is 0 Å². The largest absolute Gasteiger partial charge is 0.355 e. The summed E-state index contributed by atoms with van der Waals surface area (Å²) >= 11 is 0. The van der Waals surface area contributed by atoms with Gasteiger partial charge in [-0.15, -0.1) is 0 Å². The van der Waals surface area contributed by atoms with E-state index in [0.717, 1.165) is 42.9 Å². The van der Waals surface area contributed by atoms with Crippen molar-refractivity contribution < 1.29 is 0 Å². The minimum Gasteiger partial charge on any atom is -0.355 e. The summed E-state index contributed by atoms with van der Waals surface area (Å²) in [5.41, 5.74) is 1.06. The first-order valence-electron chi connectivity index (χ1n) is 7.63. The highest BCUT2D eigenvalue weighted by Crippen LogP contribution is 2.38. The molecule has 2 heterocycles. The first kappa shape index (κ1) is 12.9. The molecule has 4 heteroatoms. The number of anilines is 1. The molecule has 3 rings (SSSR count). The molecule has 104 valence electrons. The molecular weight excluding hydrogens is 236 g/mol. The maximum absolute atomic E-state index is 4.75. The second kappa shape index (κ2) is 5.87. The van der Waals surface area contributed by atoms with Gasteiger partial charge in [0, 0.05) is 25.8 Å². The van der Waals surface area contributed by atoms with E-state index in [1.54, 1.807) is 0 Å². The number of nitrogens with one attached hydrogen (secondary N) is 1. The van der Waals surface area contributed by atoms with Crippen molar-refractivity contribution in [3.05, 3.63) is 18.1 Å². The highest BCUT2D eigenvalue weighted by molar-refractivity contribution is 5.38. The van der Waals surface area contributed by atoms with Crippen molar-refractivity contribution in [2.75, 3.05) is 24.5 Å². The van der Waals surface area contributed by atoms with Crippen LogP contribution in [0.5, 0.6) is 0 Å². The van der Waals surface area contributed by atoms with E-state index in [-0.39, 0.29) is 0 Å². The Hall–Kier alpha value is -1.16. The summed E-state index contributed by atoms with van der Waals surface area (Å²) in [5, 5.41) is 3.39. The highest BCUT2D eigenvalue weighted by atomic mass is 15.2. The number of hydrogen-bond donors (Lipinski definition) is 1. The third kappa shape index (κ3) is 2.89. The van der Waals surface area contributed by atoms with Crippen molar-refractivity contribution in [2.24, 2.45) is 11.8 Å². The third-order valence-electron chi connectivity index (χ3n) is 4.45. The normalized spacial score (nSPS) is 25.8. The van der Waals surface area contributed by atoms with Crippen LogP contribution in [0.4, 0.5) is 5.82 Å². The van der Waals surface area contributed by atoms with E-state index < -0.39 is 0 Å². The average molecular weight is 260 g/mol. The fraction of sp³-hybridized carbons (Fsp3) is 0.733. The van der Waals surface area contributed by atoms with Gasteiger partial charge in [0.15, 0.2) is 0 Å². The van der Waals surface area contributed by atoms with Crippen LogP contribution in [-0.4, -0.2) is 29.6 Å². The number of rotatable bonds is 5. The second-order valence-electron chi connectivity index (χ2n) is 5.90. The van der Waals surface area contributed by atoms with Gasteiger partial charge in [-0.2, -0.15) is 0 Å². The summed E-state index contributed by atoms with van der Waals surface area (Å²) in [5.74, 6) is 2.89. The number of aromatic nitrogens is 2. The monoisotopic (exact) mass is 260 g/mol. The Morgan fingerprint density at radius 3 is 2.79 bits per heavy atom. The summed E-state index contributed by atoms with van der Waals surface area (Å²) in [6, 6.07) is 0. The Labute approximate surface area is 115 Å². The molecule has 1 aromatic heterocycles. The molecule has 0 aromatic carbocycles. The summed E-state index contributed by atoms with van der Waals surface area (Å²) in [6.07, 6.45) is 9.20. The molecule has 0 spiro atoms. The predicted molar refractivity (Wildman–Crippen MR) is 77.1 cm³/mol. The topological polar surface area (TPSA) is 41.1 Å². The van der Waals surface area contributed by atoms with Crippen molar-refractivity contribution in [3.8, 4) is 0 Å². The summed E-state index contributed by atoms with van der Waals surface area (Å²) < 4.78 is 0. The molecule has 1 N–H and O–H groups in total. The van der Waals surface area contributed by atoms with Crippen LogP contribution in [0, 0.1) is 11.8 Å². The molecule has 1 saturated heterocycles. The zero-order valence-corrected chi connectivity index (χ0v) is 11.8. The van der Waals surface area contributed by atoms with Gasteiger partial charge < -0.3 is 10.2 Å². The van der Waals surface area contributed by atoms with E-state index in [9.17, 15) is 0 Å². The van der Waals surface area contributed by atoms with E-state index in [0.29, 0.717) is 0 Å². The molecule has 1 saturated carbocycles. The number of nitrogens with zero attached hydrogens (tertiary/aromatic N) is 3. The Morgan fingerprint density at radius 2 is 2.05 bits per heavy atom. The van der Waals surface area contributed by atoms with Crippen LogP contribution in [0.15, 0.2) is 12.4 Å². The van der Waals surface area contributed by atoms with Crippen LogP contribution in [0.3, 0.4) is 0 Å². The minimum absolute atomic E-state index is 0.829. The summed E-state index contributed by atoms with van der Waals surface area (Å²) in [7, 11) is 0. The Morgan fingerprint density at radius 1 is 1.26 bits per heavy atom. The molecule has 1 aliphatic heterocycles.